The maximum absolute atomic E-state index is 6.21. The van der Waals surface area contributed by atoms with E-state index >= 15 is 0 Å². The van der Waals surface area contributed by atoms with Gasteiger partial charge < -0.3 is 10.2 Å². The Balaban J connectivity index is 1.67. The second-order valence-corrected chi connectivity index (χ2v) is 5.88. The normalized spacial score (nSPS) is 14.2. The van der Waals surface area contributed by atoms with Crippen molar-refractivity contribution in [1.29, 1.82) is 0 Å². The lowest BCUT2D eigenvalue weighted by Gasteiger charge is -2.19. The topological polar surface area (TPSA) is 41.1 Å². The van der Waals surface area contributed by atoms with Crippen LogP contribution >= 0.6 is 11.6 Å². The Morgan fingerprint density at radius 3 is 2.86 bits per heavy atom. The van der Waals surface area contributed by atoms with Crippen molar-refractivity contribution in [2.45, 2.75) is 32.0 Å². The molecule has 2 aromatic rings. The molecule has 0 spiro atoms. The van der Waals surface area contributed by atoms with Gasteiger partial charge >= 0.3 is 0 Å². The van der Waals surface area contributed by atoms with E-state index in [0.29, 0.717) is 12.6 Å². The molecule has 5 heteroatoms. The number of hydrogen-bond acceptors (Lipinski definition) is 4. The fourth-order valence-electron chi connectivity index (χ4n) is 2.16. The van der Waals surface area contributed by atoms with Crippen molar-refractivity contribution in [3.8, 4) is 0 Å². The smallest absolute Gasteiger partial charge is 0.147 e. The second-order valence-electron chi connectivity index (χ2n) is 5.47. The minimum Gasteiger partial charge on any atom is -0.354 e. The van der Waals surface area contributed by atoms with E-state index in [1.807, 2.05) is 37.5 Å². The molecule has 1 aliphatic carbocycles. The first-order valence-corrected chi connectivity index (χ1v) is 7.59. The molecule has 1 aromatic carbocycles. The number of hydrogen-bond donors (Lipinski definition) is 1. The summed E-state index contributed by atoms with van der Waals surface area (Å²) in [6.45, 7) is 1.50. The van der Waals surface area contributed by atoms with Crippen LogP contribution in [0.15, 0.2) is 36.7 Å². The van der Waals surface area contributed by atoms with Gasteiger partial charge in [0.2, 0.25) is 0 Å². The van der Waals surface area contributed by atoms with Gasteiger partial charge in [-0.1, -0.05) is 29.8 Å². The number of nitrogens with one attached hydrogen (secondary N) is 1. The lowest BCUT2D eigenvalue weighted by atomic mass is 10.2. The van der Waals surface area contributed by atoms with Crippen LogP contribution in [0.2, 0.25) is 5.02 Å². The van der Waals surface area contributed by atoms with Gasteiger partial charge in [-0.05, 0) is 24.5 Å². The van der Waals surface area contributed by atoms with Gasteiger partial charge in [0.05, 0.1) is 11.9 Å². The maximum atomic E-state index is 6.21. The van der Waals surface area contributed by atoms with Crippen molar-refractivity contribution >= 4 is 17.4 Å². The largest absolute Gasteiger partial charge is 0.354 e. The zero-order valence-corrected chi connectivity index (χ0v) is 12.8. The first-order chi connectivity index (χ1) is 10.2. The van der Waals surface area contributed by atoms with Crippen molar-refractivity contribution < 1.29 is 0 Å². The molecule has 0 unspecified atom stereocenters. The lowest BCUT2D eigenvalue weighted by Crippen LogP contribution is -2.21. The minimum absolute atomic E-state index is 0.677. The van der Waals surface area contributed by atoms with E-state index in [2.05, 4.69) is 20.2 Å². The van der Waals surface area contributed by atoms with E-state index in [1.165, 1.54) is 12.8 Å². The highest BCUT2D eigenvalue weighted by molar-refractivity contribution is 6.31. The third-order valence-electron chi connectivity index (χ3n) is 3.58. The van der Waals surface area contributed by atoms with Gasteiger partial charge in [0.15, 0.2) is 0 Å². The van der Waals surface area contributed by atoms with Gasteiger partial charge in [0.1, 0.15) is 5.82 Å². The molecule has 1 fully saturated rings. The van der Waals surface area contributed by atoms with Crippen LogP contribution in [0.1, 0.15) is 24.1 Å². The summed E-state index contributed by atoms with van der Waals surface area (Å²) in [5.74, 6) is 0.866. The number of halogens is 1. The SMILES string of the molecule is CN(Cc1ccccc1Cl)c1cncc(CNC2CC2)n1. The number of aromatic nitrogens is 2. The van der Waals surface area contributed by atoms with E-state index in [0.717, 1.165) is 28.6 Å². The van der Waals surface area contributed by atoms with E-state index in [4.69, 9.17) is 11.6 Å². The highest BCUT2D eigenvalue weighted by Crippen LogP contribution is 2.20. The van der Waals surface area contributed by atoms with Gasteiger partial charge in [-0.25, -0.2) is 4.98 Å². The van der Waals surface area contributed by atoms with Crippen LogP contribution in [0.4, 0.5) is 5.82 Å². The number of nitrogens with zero attached hydrogens (tertiary/aromatic N) is 3. The van der Waals surface area contributed by atoms with E-state index in [1.54, 1.807) is 6.20 Å². The van der Waals surface area contributed by atoms with Crippen molar-refractivity contribution in [2.75, 3.05) is 11.9 Å². The molecule has 0 bridgehead atoms. The zero-order chi connectivity index (χ0) is 14.7. The molecule has 1 aliphatic rings. The van der Waals surface area contributed by atoms with Crippen molar-refractivity contribution in [1.82, 2.24) is 15.3 Å². The Hall–Kier alpha value is -1.65. The van der Waals surface area contributed by atoms with Crippen LogP contribution in [0, 0.1) is 0 Å². The summed E-state index contributed by atoms with van der Waals surface area (Å²) in [5.41, 5.74) is 2.07. The molecule has 3 rings (SSSR count). The Labute approximate surface area is 130 Å². The first kappa shape index (κ1) is 14.3. The van der Waals surface area contributed by atoms with Gasteiger partial charge in [-0.2, -0.15) is 0 Å². The summed E-state index contributed by atoms with van der Waals surface area (Å²) in [7, 11) is 2.01. The Morgan fingerprint density at radius 2 is 2.10 bits per heavy atom. The summed E-state index contributed by atoms with van der Waals surface area (Å²) in [5, 5.41) is 4.24. The summed E-state index contributed by atoms with van der Waals surface area (Å²) in [6.07, 6.45) is 6.17. The molecule has 4 nitrogen and oxygen atoms in total. The molecular weight excluding hydrogens is 284 g/mol. The number of rotatable bonds is 6. The average molecular weight is 303 g/mol. The third kappa shape index (κ3) is 3.93. The van der Waals surface area contributed by atoms with Gasteiger partial charge in [-0.3, -0.25) is 4.98 Å². The summed E-state index contributed by atoms with van der Waals surface area (Å²) in [4.78, 5) is 11.0. The Morgan fingerprint density at radius 1 is 1.29 bits per heavy atom. The molecule has 1 aromatic heterocycles. The minimum atomic E-state index is 0.677. The van der Waals surface area contributed by atoms with E-state index in [-0.39, 0.29) is 0 Å². The molecule has 0 radical (unpaired) electrons. The van der Waals surface area contributed by atoms with Crippen molar-refractivity contribution in [3.63, 3.8) is 0 Å². The predicted molar refractivity (Wildman–Crippen MR) is 85.5 cm³/mol. The molecule has 110 valence electrons. The Kier molecular flexibility index (Phi) is 4.36. The molecule has 21 heavy (non-hydrogen) atoms. The Bertz CT molecular complexity index is 613. The van der Waals surface area contributed by atoms with E-state index in [9.17, 15) is 0 Å². The van der Waals surface area contributed by atoms with Gasteiger partial charge in [0.25, 0.3) is 0 Å². The number of benzene rings is 1. The van der Waals surface area contributed by atoms with Gasteiger partial charge in [0, 0.05) is 37.4 Å². The fraction of sp³-hybridized carbons (Fsp3) is 0.375. The second kappa shape index (κ2) is 6.41. The zero-order valence-electron chi connectivity index (χ0n) is 12.1. The summed E-state index contributed by atoms with van der Waals surface area (Å²) < 4.78 is 0. The van der Waals surface area contributed by atoms with Crippen LogP contribution in [0.5, 0.6) is 0 Å². The third-order valence-corrected chi connectivity index (χ3v) is 3.95. The standard InChI is InChI=1S/C16H19ClN4/c1-21(11-12-4-2-3-5-15(12)17)16-10-18-8-14(20-16)9-19-13-6-7-13/h2-5,8,10,13,19H,6-7,9,11H2,1H3. The average Bonchev–Trinajstić information content (AvgIpc) is 3.32. The summed E-state index contributed by atoms with van der Waals surface area (Å²) >= 11 is 6.21. The molecule has 1 heterocycles. The monoisotopic (exact) mass is 302 g/mol. The predicted octanol–water partition coefficient (Wildman–Crippen LogP) is 3.02. The quantitative estimate of drug-likeness (QED) is 0.890. The van der Waals surface area contributed by atoms with Gasteiger partial charge in [-0.15, -0.1) is 0 Å². The molecular formula is C16H19ClN4. The van der Waals surface area contributed by atoms with Crippen LogP contribution in [-0.2, 0) is 13.1 Å². The lowest BCUT2D eigenvalue weighted by molar-refractivity contribution is 0.670. The number of anilines is 1. The fourth-order valence-corrected chi connectivity index (χ4v) is 2.36. The summed E-state index contributed by atoms with van der Waals surface area (Å²) in [6, 6.07) is 8.56. The molecule has 1 N–H and O–H groups in total. The molecule has 0 atom stereocenters. The van der Waals surface area contributed by atoms with Crippen LogP contribution in [0.25, 0.3) is 0 Å². The van der Waals surface area contributed by atoms with Crippen LogP contribution < -0.4 is 10.2 Å². The van der Waals surface area contributed by atoms with E-state index < -0.39 is 0 Å². The molecule has 1 saturated carbocycles. The maximum Gasteiger partial charge on any atom is 0.147 e. The first-order valence-electron chi connectivity index (χ1n) is 7.21. The molecule has 0 saturated heterocycles. The highest BCUT2D eigenvalue weighted by Gasteiger charge is 2.20. The van der Waals surface area contributed by atoms with Crippen molar-refractivity contribution in [3.05, 3.63) is 52.9 Å². The molecule has 0 amide bonds. The van der Waals surface area contributed by atoms with Crippen LogP contribution in [-0.4, -0.2) is 23.1 Å². The molecule has 0 aliphatic heterocycles. The highest BCUT2D eigenvalue weighted by atomic mass is 35.5. The van der Waals surface area contributed by atoms with Crippen LogP contribution in [0.3, 0.4) is 0 Å². The van der Waals surface area contributed by atoms with Crippen molar-refractivity contribution in [2.24, 2.45) is 0 Å².